The molecule has 0 radical (unpaired) electrons. The van der Waals surface area contributed by atoms with Crippen LogP contribution in [0.15, 0.2) is 277 Å². The summed E-state index contributed by atoms with van der Waals surface area (Å²) in [6.45, 7) is 3.40. The molecule has 13 heteroatoms. The molecule has 9 aromatic carbocycles. The van der Waals surface area contributed by atoms with Crippen LogP contribution in [0.4, 0.5) is 0 Å². The van der Waals surface area contributed by atoms with E-state index in [0.717, 1.165) is 54.5 Å². The van der Waals surface area contributed by atoms with Gasteiger partial charge in [-0.05, 0) is 75.3 Å². The first-order valence-corrected chi connectivity index (χ1v) is 31.3. The average molecular weight is 1210 g/mol. The van der Waals surface area contributed by atoms with Crippen LogP contribution in [-0.2, 0) is 88.9 Å². The first-order valence-electron chi connectivity index (χ1n) is 29.5. The number of hydrogen-bond acceptors (Lipinski definition) is 13. The molecule has 0 bridgehead atoms. The number of methoxy groups -OCH3 is 1. The van der Waals surface area contributed by atoms with Crippen LogP contribution in [0.2, 0.25) is 0 Å². The van der Waals surface area contributed by atoms with Crippen LogP contribution in [-0.4, -0.2) is 85.1 Å². The SMILES string of the molecule is COc1ccc(CO[C@@H]2C(OCc3ccccc3)[C@H](Sc3ccccc3)OC(COCc3ccccc3)[C@H]2OCc2ccccc2)cc1.O[C@@H]1C(OCc2ccccc2)[C@H](Sc2ccccc2)OC(COCc2ccccc2)[C@H]1OCc1ccccc1. The Morgan fingerprint density at radius 3 is 0.977 bits per heavy atom. The number of benzene rings is 9. The Morgan fingerprint density at radius 2 is 0.598 bits per heavy atom. The Balaban J connectivity index is 0.000000197. The van der Waals surface area contributed by atoms with E-state index in [-0.39, 0.29) is 12.0 Å². The molecule has 2 fully saturated rings. The van der Waals surface area contributed by atoms with Crippen molar-refractivity contribution < 1.29 is 52.5 Å². The first-order chi connectivity index (χ1) is 43.0. The Morgan fingerprint density at radius 1 is 0.310 bits per heavy atom. The van der Waals surface area contributed by atoms with E-state index >= 15 is 0 Å². The van der Waals surface area contributed by atoms with E-state index in [9.17, 15) is 5.11 Å². The molecular weight excluding hydrogens is 1130 g/mol. The van der Waals surface area contributed by atoms with Gasteiger partial charge in [0.15, 0.2) is 0 Å². The summed E-state index contributed by atoms with van der Waals surface area (Å²) in [5.41, 5.74) is 6.56. The normalized spacial score (nSPS) is 21.7. The average Bonchev–Trinajstić information content (AvgIpc) is 3.74. The summed E-state index contributed by atoms with van der Waals surface area (Å²) in [5, 5.41) is 11.7. The van der Waals surface area contributed by atoms with Crippen LogP contribution in [0, 0.1) is 0 Å². The Labute approximate surface area is 520 Å². The zero-order valence-corrected chi connectivity index (χ0v) is 50.5. The second-order valence-corrected chi connectivity index (χ2v) is 23.5. The summed E-state index contributed by atoms with van der Waals surface area (Å²) in [6.07, 6.45) is -4.47. The summed E-state index contributed by atoms with van der Waals surface area (Å²) in [5.74, 6) is 0.799. The van der Waals surface area contributed by atoms with Gasteiger partial charge < -0.3 is 52.5 Å². The molecule has 2 aliphatic heterocycles. The van der Waals surface area contributed by atoms with Crippen molar-refractivity contribution in [3.05, 3.63) is 306 Å². The molecule has 1 N–H and O–H groups in total. The van der Waals surface area contributed by atoms with Crippen LogP contribution >= 0.6 is 23.5 Å². The van der Waals surface area contributed by atoms with Gasteiger partial charge in [-0.3, -0.25) is 0 Å². The molecule has 11 rings (SSSR count). The zero-order chi connectivity index (χ0) is 59.5. The van der Waals surface area contributed by atoms with Crippen molar-refractivity contribution in [2.45, 2.75) is 116 Å². The monoisotopic (exact) mass is 1200 g/mol. The van der Waals surface area contributed by atoms with Crippen molar-refractivity contribution in [2.75, 3.05) is 20.3 Å². The predicted molar refractivity (Wildman–Crippen MR) is 342 cm³/mol. The highest BCUT2D eigenvalue weighted by atomic mass is 32.2. The Bertz CT molecular complexity index is 3270. The number of thioether (sulfide) groups is 2. The van der Waals surface area contributed by atoms with E-state index in [1.54, 1.807) is 30.6 Å². The van der Waals surface area contributed by atoms with Gasteiger partial charge in [0, 0.05) is 9.79 Å². The third-order valence-corrected chi connectivity index (χ3v) is 17.0. The van der Waals surface area contributed by atoms with Crippen LogP contribution in [0.25, 0.3) is 0 Å². The van der Waals surface area contributed by atoms with Gasteiger partial charge in [0.25, 0.3) is 0 Å². The van der Waals surface area contributed by atoms with Crippen molar-refractivity contribution in [2.24, 2.45) is 0 Å². The highest BCUT2D eigenvalue weighted by molar-refractivity contribution is 8.00. The van der Waals surface area contributed by atoms with E-state index in [2.05, 4.69) is 48.5 Å². The molecule has 0 aliphatic carbocycles. The van der Waals surface area contributed by atoms with E-state index in [1.165, 1.54) is 0 Å². The quantitative estimate of drug-likeness (QED) is 0.0503. The molecule has 2 heterocycles. The minimum absolute atomic E-state index is 0.280. The van der Waals surface area contributed by atoms with Crippen LogP contribution < -0.4 is 4.74 Å². The number of rotatable bonds is 28. The van der Waals surface area contributed by atoms with Gasteiger partial charge in [-0.25, -0.2) is 0 Å². The standard InChI is InChI=1S/C41H42O6S.C33H34O5S/c1-42-35-24-22-34(23-25-35)29-45-39-38(44-27-32-16-8-3-9-17-32)37(30-43-26-31-14-6-2-7-15-31)47-41(48-36-20-12-5-13-21-36)40(39)46-28-33-18-10-4-11-19-33;34-30-31(36-22-26-15-7-2-8-16-26)29(24-35-21-25-13-5-1-6-14-25)38-33(39-28-19-11-4-12-20-28)32(30)37-23-27-17-9-3-10-18-27/h2-25,37-41H,26-30H2,1H3;1-20,29-34H,21-24H2/t37?,38-,39+,40?,41+;29?,30-,31+,32?,33-/m10/s1. The number of aliphatic hydroxyl groups is 1. The van der Waals surface area contributed by atoms with Gasteiger partial charge in [0.1, 0.15) is 65.5 Å². The fourth-order valence-corrected chi connectivity index (χ4v) is 12.5. The van der Waals surface area contributed by atoms with E-state index in [1.807, 2.05) is 218 Å². The second kappa shape index (κ2) is 34.6. The van der Waals surface area contributed by atoms with Crippen LogP contribution in [0.5, 0.6) is 5.75 Å². The molecule has 11 nitrogen and oxygen atoms in total. The van der Waals surface area contributed by atoms with Gasteiger partial charge in [-0.1, -0.05) is 254 Å². The molecular formula is C74H76O11S2. The van der Waals surface area contributed by atoms with E-state index in [0.29, 0.717) is 52.9 Å². The molecule has 0 amide bonds. The number of ether oxygens (including phenoxy) is 10. The van der Waals surface area contributed by atoms with Gasteiger partial charge in [-0.15, -0.1) is 0 Å². The van der Waals surface area contributed by atoms with Crippen molar-refractivity contribution in [1.29, 1.82) is 0 Å². The summed E-state index contributed by atoms with van der Waals surface area (Å²) in [7, 11) is 1.67. The smallest absolute Gasteiger partial charge is 0.137 e. The van der Waals surface area contributed by atoms with Crippen molar-refractivity contribution in [3.63, 3.8) is 0 Å². The van der Waals surface area contributed by atoms with Crippen molar-refractivity contribution in [3.8, 4) is 5.75 Å². The molecule has 0 saturated carbocycles. The molecule has 450 valence electrons. The lowest BCUT2D eigenvalue weighted by Crippen LogP contribution is -2.60. The second-order valence-electron chi connectivity index (χ2n) is 21.1. The van der Waals surface area contributed by atoms with Gasteiger partial charge in [0.05, 0.1) is 66.6 Å². The van der Waals surface area contributed by atoms with E-state index in [4.69, 9.17) is 47.4 Å². The predicted octanol–water partition coefficient (Wildman–Crippen LogP) is 14.7. The molecule has 4 unspecified atom stereocenters. The third kappa shape index (κ3) is 19.8. The first kappa shape index (κ1) is 63.1. The molecule has 9 aromatic rings. The Hall–Kier alpha value is -6.92. The highest BCUT2D eigenvalue weighted by Crippen LogP contribution is 2.40. The van der Waals surface area contributed by atoms with Crippen molar-refractivity contribution >= 4 is 23.5 Å². The Kier molecular flexibility index (Phi) is 25.1. The highest BCUT2D eigenvalue weighted by Gasteiger charge is 2.50. The van der Waals surface area contributed by atoms with Crippen LogP contribution in [0.3, 0.4) is 0 Å². The fraction of sp³-hybridized carbons (Fsp3) is 0.270. The van der Waals surface area contributed by atoms with E-state index < -0.39 is 54.3 Å². The molecule has 0 aromatic heterocycles. The summed E-state index contributed by atoms with van der Waals surface area (Å²) in [6, 6.07) is 88.7. The van der Waals surface area contributed by atoms with Gasteiger partial charge >= 0.3 is 0 Å². The summed E-state index contributed by atoms with van der Waals surface area (Å²) in [4.78, 5) is 2.12. The zero-order valence-electron chi connectivity index (χ0n) is 48.9. The van der Waals surface area contributed by atoms with Crippen molar-refractivity contribution in [1.82, 2.24) is 0 Å². The van der Waals surface area contributed by atoms with Gasteiger partial charge in [-0.2, -0.15) is 0 Å². The summed E-state index contributed by atoms with van der Waals surface area (Å²) < 4.78 is 64.5. The summed E-state index contributed by atoms with van der Waals surface area (Å²) >= 11 is 3.18. The molecule has 87 heavy (non-hydrogen) atoms. The molecule has 2 aliphatic rings. The third-order valence-electron chi connectivity index (χ3n) is 14.7. The van der Waals surface area contributed by atoms with Crippen LogP contribution in [0.1, 0.15) is 38.9 Å². The lowest BCUT2D eigenvalue weighted by Gasteiger charge is -2.46. The largest absolute Gasteiger partial charge is 0.497 e. The minimum atomic E-state index is -0.919. The fourth-order valence-electron chi connectivity index (χ4n) is 10.2. The maximum atomic E-state index is 11.7. The maximum Gasteiger partial charge on any atom is 0.137 e. The lowest BCUT2D eigenvalue weighted by molar-refractivity contribution is -0.254. The number of aliphatic hydroxyl groups excluding tert-OH is 1. The van der Waals surface area contributed by atoms with Gasteiger partial charge in [0.2, 0.25) is 0 Å². The number of hydrogen-bond donors (Lipinski definition) is 1. The topological polar surface area (TPSA) is 113 Å². The minimum Gasteiger partial charge on any atom is -0.497 e. The molecule has 0 spiro atoms. The molecule has 10 atom stereocenters. The lowest BCUT2D eigenvalue weighted by atomic mass is 9.98. The maximum absolute atomic E-state index is 11.7. The molecule has 2 saturated heterocycles.